The van der Waals surface area contributed by atoms with Gasteiger partial charge in [0.15, 0.2) is 0 Å². The van der Waals surface area contributed by atoms with Gasteiger partial charge in [-0.2, -0.15) is 0 Å². The highest BCUT2D eigenvalue weighted by Gasteiger charge is 2.44. The standard InChI is InChI=1S/C23H24N4O2/c1-14(2)29-19-9-18(12-24-13-19)27-21-8-16(17-10-25-15(3)26-11-17)6-7-20(21)23(4,5)22(27)28/h6-14H,1-5H3. The van der Waals surface area contributed by atoms with Crippen molar-refractivity contribution in [3.05, 3.63) is 60.4 Å². The first-order valence-electron chi connectivity index (χ1n) is 9.67. The Morgan fingerprint density at radius 3 is 2.41 bits per heavy atom. The number of benzene rings is 1. The van der Waals surface area contributed by atoms with Crippen molar-refractivity contribution in [2.75, 3.05) is 4.90 Å². The third-order valence-electron chi connectivity index (χ3n) is 5.09. The predicted octanol–water partition coefficient (Wildman–Crippen LogP) is 4.59. The Morgan fingerprint density at radius 1 is 1.00 bits per heavy atom. The number of ether oxygens (including phenoxy) is 1. The second kappa shape index (κ2) is 6.95. The number of aryl methyl sites for hydroxylation is 1. The summed E-state index contributed by atoms with van der Waals surface area (Å²) in [7, 11) is 0. The second-order valence-electron chi connectivity index (χ2n) is 8.06. The number of hydrogen-bond donors (Lipinski definition) is 0. The van der Waals surface area contributed by atoms with Gasteiger partial charge in [0.2, 0.25) is 5.91 Å². The normalized spacial score (nSPS) is 15.0. The van der Waals surface area contributed by atoms with E-state index in [4.69, 9.17) is 4.74 Å². The fourth-order valence-corrected chi connectivity index (χ4v) is 3.59. The Kier molecular flexibility index (Phi) is 4.57. The molecular weight excluding hydrogens is 364 g/mol. The minimum Gasteiger partial charge on any atom is -0.489 e. The second-order valence-corrected chi connectivity index (χ2v) is 8.06. The van der Waals surface area contributed by atoms with Crippen LogP contribution in [0.3, 0.4) is 0 Å². The molecular formula is C23H24N4O2. The topological polar surface area (TPSA) is 68.2 Å². The lowest BCUT2D eigenvalue weighted by Crippen LogP contribution is -2.33. The maximum Gasteiger partial charge on any atom is 0.241 e. The summed E-state index contributed by atoms with van der Waals surface area (Å²) in [6, 6.07) is 7.91. The number of carbonyl (C=O) groups is 1. The molecule has 0 saturated heterocycles. The van der Waals surface area contributed by atoms with Crippen molar-refractivity contribution in [3.8, 4) is 16.9 Å². The van der Waals surface area contributed by atoms with Crippen LogP contribution in [-0.2, 0) is 10.2 Å². The quantitative estimate of drug-likeness (QED) is 0.654. The van der Waals surface area contributed by atoms with Crippen molar-refractivity contribution in [3.63, 3.8) is 0 Å². The van der Waals surface area contributed by atoms with Gasteiger partial charge >= 0.3 is 0 Å². The van der Waals surface area contributed by atoms with Gasteiger partial charge in [0, 0.05) is 24.0 Å². The summed E-state index contributed by atoms with van der Waals surface area (Å²) in [5.41, 5.74) is 3.76. The van der Waals surface area contributed by atoms with Gasteiger partial charge in [0.25, 0.3) is 0 Å². The molecule has 0 fully saturated rings. The molecule has 1 amide bonds. The van der Waals surface area contributed by atoms with E-state index in [2.05, 4.69) is 15.0 Å². The molecule has 0 atom stereocenters. The molecule has 0 radical (unpaired) electrons. The Hall–Kier alpha value is -3.28. The molecule has 0 N–H and O–H groups in total. The van der Waals surface area contributed by atoms with Crippen LogP contribution in [0.4, 0.5) is 11.4 Å². The fourth-order valence-electron chi connectivity index (χ4n) is 3.59. The summed E-state index contributed by atoms with van der Waals surface area (Å²) in [4.78, 5) is 27.9. The Labute approximate surface area is 170 Å². The van der Waals surface area contributed by atoms with E-state index in [1.54, 1.807) is 29.7 Å². The lowest BCUT2D eigenvalue weighted by Gasteiger charge is -2.21. The molecule has 6 heteroatoms. The molecule has 4 rings (SSSR count). The van der Waals surface area contributed by atoms with Gasteiger partial charge in [-0.15, -0.1) is 0 Å². The van der Waals surface area contributed by atoms with E-state index in [1.165, 1.54) is 0 Å². The van der Waals surface area contributed by atoms with Gasteiger partial charge in [0.1, 0.15) is 11.6 Å². The first-order valence-corrected chi connectivity index (χ1v) is 9.67. The summed E-state index contributed by atoms with van der Waals surface area (Å²) >= 11 is 0. The molecule has 3 aromatic rings. The van der Waals surface area contributed by atoms with Crippen LogP contribution < -0.4 is 9.64 Å². The first-order chi connectivity index (χ1) is 13.8. The van der Waals surface area contributed by atoms with Crippen molar-refractivity contribution in [1.82, 2.24) is 15.0 Å². The van der Waals surface area contributed by atoms with E-state index in [0.717, 1.165) is 28.2 Å². The van der Waals surface area contributed by atoms with E-state index < -0.39 is 5.41 Å². The van der Waals surface area contributed by atoms with Crippen LogP contribution in [0.1, 0.15) is 39.1 Å². The molecule has 148 valence electrons. The van der Waals surface area contributed by atoms with Gasteiger partial charge < -0.3 is 4.74 Å². The number of amides is 1. The fraction of sp³-hybridized carbons (Fsp3) is 0.304. The molecule has 3 heterocycles. The van der Waals surface area contributed by atoms with E-state index in [0.29, 0.717) is 11.4 Å². The van der Waals surface area contributed by atoms with Gasteiger partial charge in [-0.05, 0) is 51.8 Å². The maximum absolute atomic E-state index is 13.3. The number of anilines is 2. The van der Waals surface area contributed by atoms with E-state index >= 15 is 0 Å². The Balaban J connectivity index is 1.82. The molecule has 2 aromatic heterocycles. The summed E-state index contributed by atoms with van der Waals surface area (Å²) in [5, 5.41) is 0. The van der Waals surface area contributed by atoms with Crippen molar-refractivity contribution < 1.29 is 9.53 Å². The SMILES string of the molecule is Cc1ncc(-c2ccc3c(c2)N(c2cncc(OC(C)C)c2)C(=O)C3(C)C)cn1. The number of rotatable bonds is 4. The largest absolute Gasteiger partial charge is 0.489 e. The number of nitrogens with zero attached hydrogens (tertiary/aromatic N) is 4. The summed E-state index contributed by atoms with van der Waals surface area (Å²) < 4.78 is 5.78. The average molecular weight is 388 g/mol. The minimum absolute atomic E-state index is 0.00769. The minimum atomic E-state index is -0.632. The number of pyridine rings is 1. The van der Waals surface area contributed by atoms with Crippen LogP contribution in [-0.4, -0.2) is 27.0 Å². The van der Waals surface area contributed by atoms with Gasteiger partial charge in [0.05, 0.1) is 35.3 Å². The summed E-state index contributed by atoms with van der Waals surface area (Å²) in [6.07, 6.45) is 6.98. The molecule has 0 saturated carbocycles. The Bertz CT molecular complexity index is 1070. The van der Waals surface area contributed by atoms with Crippen LogP contribution in [0, 0.1) is 6.92 Å². The third kappa shape index (κ3) is 3.35. The lowest BCUT2D eigenvalue weighted by atomic mass is 9.85. The van der Waals surface area contributed by atoms with Crippen molar-refractivity contribution in [2.24, 2.45) is 0 Å². The van der Waals surface area contributed by atoms with Crippen LogP contribution in [0.5, 0.6) is 5.75 Å². The van der Waals surface area contributed by atoms with Crippen molar-refractivity contribution in [1.29, 1.82) is 0 Å². The molecule has 0 bridgehead atoms. The highest BCUT2D eigenvalue weighted by atomic mass is 16.5. The van der Waals surface area contributed by atoms with Gasteiger partial charge in [-0.1, -0.05) is 12.1 Å². The molecule has 1 aromatic carbocycles. The molecule has 29 heavy (non-hydrogen) atoms. The number of fused-ring (bicyclic) bond motifs is 1. The maximum atomic E-state index is 13.3. The molecule has 0 aliphatic carbocycles. The predicted molar refractivity (Wildman–Crippen MR) is 112 cm³/mol. The van der Waals surface area contributed by atoms with E-state index in [-0.39, 0.29) is 12.0 Å². The zero-order valence-electron chi connectivity index (χ0n) is 17.3. The molecule has 0 unspecified atom stereocenters. The average Bonchev–Trinajstić information content (AvgIpc) is 2.87. The monoisotopic (exact) mass is 388 g/mol. The highest BCUT2D eigenvalue weighted by molar-refractivity contribution is 6.13. The third-order valence-corrected chi connectivity index (χ3v) is 5.09. The molecule has 1 aliphatic heterocycles. The molecule has 0 spiro atoms. The van der Waals surface area contributed by atoms with E-state index in [1.807, 2.05) is 58.9 Å². The zero-order chi connectivity index (χ0) is 20.8. The number of carbonyl (C=O) groups excluding carboxylic acids is 1. The zero-order valence-corrected chi connectivity index (χ0v) is 17.3. The van der Waals surface area contributed by atoms with Crippen LogP contribution in [0.15, 0.2) is 49.1 Å². The molecule has 6 nitrogen and oxygen atoms in total. The highest BCUT2D eigenvalue weighted by Crippen LogP contribution is 2.47. The lowest BCUT2D eigenvalue weighted by molar-refractivity contribution is -0.121. The number of hydrogen-bond acceptors (Lipinski definition) is 5. The van der Waals surface area contributed by atoms with Crippen LogP contribution >= 0.6 is 0 Å². The summed E-state index contributed by atoms with van der Waals surface area (Å²) in [5.74, 6) is 1.37. The van der Waals surface area contributed by atoms with Gasteiger partial charge in [-0.3, -0.25) is 14.7 Å². The van der Waals surface area contributed by atoms with Crippen molar-refractivity contribution in [2.45, 2.75) is 46.1 Å². The number of aromatic nitrogens is 3. The summed E-state index contributed by atoms with van der Waals surface area (Å²) in [6.45, 7) is 9.67. The molecule has 1 aliphatic rings. The first kappa shape index (κ1) is 19.1. The van der Waals surface area contributed by atoms with Crippen molar-refractivity contribution >= 4 is 17.3 Å². The van der Waals surface area contributed by atoms with Crippen LogP contribution in [0.25, 0.3) is 11.1 Å². The van der Waals surface area contributed by atoms with Gasteiger partial charge in [-0.25, -0.2) is 9.97 Å². The smallest absolute Gasteiger partial charge is 0.241 e. The van der Waals surface area contributed by atoms with Crippen LogP contribution in [0.2, 0.25) is 0 Å². The van der Waals surface area contributed by atoms with E-state index in [9.17, 15) is 4.79 Å². The Morgan fingerprint density at radius 2 is 1.72 bits per heavy atom.